The van der Waals surface area contributed by atoms with Crippen molar-refractivity contribution in [2.75, 3.05) is 11.9 Å². The molecule has 0 aliphatic rings. The molecule has 0 aliphatic carbocycles. The summed E-state index contributed by atoms with van der Waals surface area (Å²) in [5.74, 6) is 0.646. The van der Waals surface area contributed by atoms with E-state index in [9.17, 15) is 0 Å². The first-order chi connectivity index (χ1) is 7.17. The van der Waals surface area contributed by atoms with E-state index in [2.05, 4.69) is 29.4 Å². The molecule has 0 atom stereocenters. The molecule has 0 aromatic carbocycles. The smallest absolute Gasteiger partial charge is 0.174 e. The third kappa shape index (κ3) is 3.84. The molecule has 0 radical (unpaired) electrons. The number of hydrogen-bond donors (Lipinski definition) is 1. The van der Waals surface area contributed by atoms with Gasteiger partial charge in [0.15, 0.2) is 10.3 Å². The van der Waals surface area contributed by atoms with Crippen molar-refractivity contribution in [1.29, 1.82) is 0 Å². The fourth-order valence-electron chi connectivity index (χ4n) is 1.31. The van der Waals surface area contributed by atoms with E-state index in [0.29, 0.717) is 16.2 Å². The van der Waals surface area contributed by atoms with E-state index < -0.39 is 0 Å². The van der Waals surface area contributed by atoms with Crippen LogP contribution >= 0.6 is 23.2 Å². The monoisotopic (exact) mass is 247 g/mol. The lowest BCUT2D eigenvalue weighted by Crippen LogP contribution is -2.13. The minimum atomic E-state index is 0.353. The number of rotatable bonds is 5. The Kier molecular flexibility index (Phi) is 5.12. The van der Waals surface area contributed by atoms with Crippen molar-refractivity contribution < 1.29 is 0 Å². The molecule has 0 unspecified atom stereocenters. The molecule has 15 heavy (non-hydrogen) atoms. The highest BCUT2D eigenvalue weighted by atomic mass is 35.5. The molecule has 5 heteroatoms. The summed E-state index contributed by atoms with van der Waals surface area (Å²) in [5.41, 5.74) is 0.753. The topological polar surface area (TPSA) is 37.8 Å². The van der Waals surface area contributed by atoms with E-state index >= 15 is 0 Å². The van der Waals surface area contributed by atoms with Crippen LogP contribution in [-0.2, 0) is 0 Å². The van der Waals surface area contributed by atoms with Crippen LogP contribution in [0.1, 0.15) is 26.7 Å². The molecule has 1 rings (SSSR count). The van der Waals surface area contributed by atoms with Crippen molar-refractivity contribution in [1.82, 2.24) is 10.2 Å². The van der Waals surface area contributed by atoms with Gasteiger partial charge in [0.25, 0.3) is 0 Å². The summed E-state index contributed by atoms with van der Waals surface area (Å²) >= 11 is 11.6. The maximum Gasteiger partial charge on any atom is 0.174 e. The van der Waals surface area contributed by atoms with Gasteiger partial charge in [0.1, 0.15) is 0 Å². The average Bonchev–Trinajstić information content (AvgIpc) is 2.24. The summed E-state index contributed by atoms with van der Waals surface area (Å²) in [4.78, 5) is 0. The SMILES string of the molecule is CCC(CC)CNc1cc(Cl)nnc1Cl. The van der Waals surface area contributed by atoms with Crippen LogP contribution in [0.5, 0.6) is 0 Å². The number of anilines is 1. The number of nitrogens with zero attached hydrogens (tertiary/aromatic N) is 2. The Bertz CT molecular complexity index is 314. The normalized spacial score (nSPS) is 10.7. The molecule has 0 saturated heterocycles. The molecular weight excluding hydrogens is 233 g/mol. The van der Waals surface area contributed by atoms with Gasteiger partial charge in [-0.2, -0.15) is 0 Å². The quantitative estimate of drug-likeness (QED) is 0.864. The van der Waals surface area contributed by atoms with Gasteiger partial charge in [-0.1, -0.05) is 49.9 Å². The number of hydrogen-bond acceptors (Lipinski definition) is 3. The van der Waals surface area contributed by atoms with Crippen LogP contribution < -0.4 is 5.32 Å². The first-order valence-corrected chi connectivity index (χ1v) is 5.85. The van der Waals surface area contributed by atoms with Crippen LogP contribution in [0.2, 0.25) is 10.3 Å². The second-order valence-corrected chi connectivity index (χ2v) is 4.18. The van der Waals surface area contributed by atoms with Crippen LogP contribution in [-0.4, -0.2) is 16.7 Å². The molecular formula is C10H15Cl2N3. The van der Waals surface area contributed by atoms with Gasteiger partial charge in [-0.25, -0.2) is 0 Å². The summed E-state index contributed by atoms with van der Waals surface area (Å²) in [7, 11) is 0. The second-order valence-electron chi connectivity index (χ2n) is 3.43. The molecule has 0 bridgehead atoms. The van der Waals surface area contributed by atoms with Crippen LogP contribution in [0.4, 0.5) is 5.69 Å². The lowest BCUT2D eigenvalue weighted by Gasteiger charge is -2.14. The Morgan fingerprint density at radius 1 is 1.27 bits per heavy atom. The van der Waals surface area contributed by atoms with Crippen LogP contribution in [0, 0.1) is 5.92 Å². The highest BCUT2D eigenvalue weighted by molar-refractivity contribution is 6.33. The Morgan fingerprint density at radius 3 is 2.53 bits per heavy atom. The maximum absolute atomic E-state index is 5.87. The first-order valence-electron chi connectivity index (χ1n) is 5.10. The summed E-state index contributed by atoms with van der Waals surface area (Å²) in [6.45, 7) is 5.24. The van der Waals surface area contributed by atoms with Crippen LogP contribution in [0.15, 0.2) is 6.07 Å². The summed E-state index contributed by atoms with van der Waals surface area (Å²) in [5, 5.41) is 11.3. The van der Waals surface area contributed by atoms with Gasteiger partial charge in [0.2, 0.25) is 0 Å². The van der Waals surface area contributed by atoms with Gasteiger partial charge in [0.05, 0.1) is 5.69 Å². The van der Waals surface area contributed by atoms with E-state index in [4.69, 9.17) is 23.2 Å². The fourth-order valence-corrected chi connectivity index (χ4v) is 1.61. The Morgan fingerprint density at radius 2 is 1.93 bits per heavy atom. The van der Waals surface area contributed by atoms with Gasteiger partial charge in [-0.3, -0.25) is 0 Å². The summed E-state index contributed by atoms with van der Waals surface area (Å²) < 4.78 is 0. The largest absolute Gasteiger partial charge is 0.382 e. The third-order valence-electron chi connectivity index (χ3n) is 2.45. The zero-order chi connectivity index (χ0) is 11.3. The Labute approximate surface area is 100 Å². The molecule has 1 aromatic heterocycles. The zero-order valence-corrected chi connectivity index (χ0v) is 10.4. The molecule has 0 spiro atoms. The molecule has 0 saturated carbocycles. The number of nitrogens with one attached hydrogen (secondary N) is 1. The molecule has 1 N–H and O–H groups in total. The van der Waals surface area contributed by atoms with Crippen LogP contribution in [0.3, 0.4) is 0 Å². The van der Waals surface area contributed by atoms with E-state index in [1.165, 1.54) is 0 Å². The van der Waals surface area contributed by atoms with Gasteiger partial charge in [-0.15, -0.1) is 10.2 Å². The minimum absolute atomic E-state index is 0.353. The van der Waals surface area contributed by atoms with Crippen molar-refractivity contribution >= 4 is 28.9 Å². The van der Waals surface area contributed by atoms with Crippen molar-refractivity contribution in [3.8, 4) is 0 Å². The zero-order valence-electron chi connectivity index (χ0n) is 8.93. The first kappa shape index (κ1) is 12.5. The Balaban J connectivity index is 2.60. The van der Waals surface area contributed by atoms with Gasteiger partial charge in [0, 0.05) is 12.6 Å². The molecule has 84 valence electrons. The van der Waals surface area contributed by atoms with Crippen LogP contribution in [0.25, 0.3) is 0 Å². The molecule has 0 aliphatic heterocycles. The summed E-state index contributed by atoms with van der Waals surface area (Å²) in [6, 6.07) is 1.69. The van der Waals surface area contributed by atoms with E-state index in [0.717, 1.165) is 25.1 Å². The van der Waals surface area contributed by atoms with Gasteiger partial charge < -0.3 is 5.32 Å². The fraction of sp³-hybridized carbons (Fsp3) is 0.600. The van der Waals surface area contributed by atoms with E-state index in [1.807, 2.05) is 0 Å². The lowest BCUT2D eigenvalue weighted by atomic mass is 10.0. The van der Waals surface area contributed by atoms with E-state index in [1.54, 1.807) is 6.07 Å². The van der Waals surface area contributed by atoms with E-state index in [-0.39, 0.29) is 0 Å². The molecule has 1 aromatic rings. The van der Waals surface area contributed by atoms with Gasteiger partial charge in [-0.05, 0) is 5.92 Å². The minimum Gasteiger partial charge on any atom is -0.382 e. The molecule has 0 fully saturated rings. The van der Waals surface area contributed by atoms with Crippen molar-refractivity contribution in [3.05, 3.63) is 16.4 Å². The van der Waals surface area contributed by atoms with Crippen molar-refractivity contribution in [3.63, 3.8) is 0 Å². The molecule has 1 heterocycles. The lowest BCUT2D eigenvalue weighted by molar-refractivity contribution is 0.519. The third-order valence-corrected chi connectivity index (χ3v) is 2.92. The molecule has 0 amide bonds. The highest BCUT2D eigenvalue weighted by Gasteiger charge is 2.07. The number of halogens is 2. The second kappa shape index (κ2) is 6.13. The Hall–Kier alpha value is -0.540. The van der Waals surface area contributed by atoms with Crippen molar-refractivity contribution in [2.24, 2.45) is 5.92 Å². The standard InChI is InChI=1S/C10H15Cl2N3/c1-3-7(4-2)6-13-8-5-9(11)14-15-10(8)12/h5,7H,3-4,6H2,1-2H3,(H,13,14). The molecule has 3 nitrogen and oxygen atoms in total. The number of aromatic nitrogens is 2. The predicted molar refractivity (Wildman–Crippen MR) is 64.6 cm³/mol. The average molecular weight is 248 g/mol. The highest BCUT2D eigenvalue weighted by Crippen LogP contribution is 2.21. The summed E-state index contributed by atoms with van der Waals surface area (Å²) in [6.07, 6.45) is 2.29. The predicted octanol–water partition coefficient (Wildman–Crippen LogP) is 3.63. The maximum atomic E-state index is 5.87. The van der Waals surface area contributed by atoms with Gasteiger partial charge >= 0.3 is 0 Å². The van der Waals surface area contributed by atoms with Crippen molar-refractivity contribution in [2.45, 2.75) is 26.7 Å².